The number of anilines is 1. The number of carboxylic acid groups (broad SMARTS) is 1. The maximum atomic E-state index is 10.9. The Hall–Kier alpha value is -2.72. The number of rotatable bonds is 6. The fraction of sp³-hybridized carbons (Fsp3) is 0.136. The number of fused-ring (bicyclic) bond motifs is 1. The number of carbonyl (C=O) groups is 1. The smallest absolute Gasteiger partial charge is 0.307 e. The second-order valence-electron chi connectivity index (χ2n) is 5.92. The van der Waals surface area contributed by atoms with E-state index in [2.05, 4.69) is 36.5 Å². The minimum Gasteiger partial charge on any atom is -0.481 e. The Balaban J connectivity index is 0.000000269. The summed E-state index contributed by atoms with van der Waals surface area (Å²) in [6.45, 7) is 2.96. The van der Waals surface area contributed by atoms with Crippen LogP contribution in [0.2, 0.25) is 0 Å². The van der Waals surface area contributed by atoms with Gasteiger partial charge in [0.25, 0.3) is 0 Å². The van der Waals surface area contributed by atoms with Crippen LogP contribution in [0.5, 0.6) is 0 Å². The highest BCUT2D eigenvalue weighted by Gasteiger charge is 2.08. The fourth-order valence-corrected chi connectivity index (χ4v) is 3.50. The second kappa shape index (κ2) is 8.59. The van der Waals surface area contributed by atoms with Crippen molar-refractivity contribution in [2.75, 3.05) is 11.9 Å². The van der Waals surface area contributed by atoms with Crippen molar-refractivity contribution in [3.05, 3.63) is 78.4 Å². The van der Waals surface area contributed by atoms with Gasteiger partial charge in [-0.05, 0) is 60.0 Å². The second-order valence-corrected chi connectivity index (χ2v) is 7.03. The molecule has 0 aliphatic heterocycles. The van der Waals surface area contributed by atoms with Gasteiger partial charge in [-0.15, -0.1) is 0 Å². The van der Waals surface area contributed by atoms with Crippen LogP contribution in [-0.4, -0.2) is 17.6 Å². The molecule has 3 nitrogen and oxygen atoms in total. The van der Waals surface area contributed by atoms with Crippen LogP contribution in [0.3, 0.4) is 0 Å². The molecule has 0 atom stereocenters. The molecule has 0 unspecified atom stereocenters. The van der Waals surface area contributed by atoms with Gasteiger partial charge in [-0.25, -0.2) is 0 Å². The van der Waals surface area contributed by atoms with E-state index in [0.717, 1.165) is 27.6 Å². The highest BCUT2D eigenvalue weighted by atomic mass is 32.2. The van der Waals surface area contributed by atoms with E-state index >= 15 is 0 Å². The van der Waals surface area contributed by atoms with E-state index < -0.39 is 5.97 Å². The Kier molecular flexibility index (Phi) is 5.97. The number of carboxylic acids is 1. The molecule has 4 heteroatoms. The molecule has 4 rings (SSSR count). The highest BCUT2D eigenvalue weighted by molar-refractivity contribution is 7.99. The molecule has 0 heterocycles. The van der Waals surface area contributed by atoms with Crippen molar-refractivity contribution >= 4 is 23.4 Å². The monoisotopic (exact) mass is 363 g/mol. The lowest BCUT2D eigenvalue weighted by molar-refractivity contribution is -0.136. The van der Waals surface area contributed by atoms with Gasteiger partial charge in [0.1, 0.15) is 0 Å². The molecule has 26 heavy (non-hydrogen) atoms. The number of hydrogen-bond acceptors (Lipinski definition) is 3. The molecule has 132 valence electrons. The summed E-state index contributed by atoms with van der Waals surface area (Å²) in [7, 11) is 0. The summed E-state index contributed by atoms with van der Waals surface area (Å²) >= 11 is 1.59. The predicted molar refractivity (Wildman–Crippen MR) is 108 cm³/mol. The first kappa shape index (κ1) is 18.1. The van der Waals surface area contributed by atoms with E-state index in [-0.39, 0.29) is 6.42 Å². The lowest BCUT2D eigenvalue weighted by Gasteiger charge is -2.08. The van der Waals surface area contributed by atoms with Gasteiger partial charge in [0.05, 0.1) is 6.42 Å². The van der Waals surface area contributed by atoms with E-state index in [1.54, 1.807) is 11.8 Å². The number of aliphatic carboxylic acids is 1. The molecule has 0 amide bonds. The van der Waals surface area contributed by atoms with Crippen LogP contribution in [0, 0.1) is 0 Å². The first-order chi connectivity index (χ1) is 12.7. The zero-order valence-corrected chi connectivity index (χ0v) is 15.4. The molecule has 0 saturated carbocycles. The molecular weight excluding hydrogens is 342 g/mol. The highest BCUT2D eigenvalue weighted by Crippen LogP contribution is 2.33. The van der Waals surface area contributed by atoms with Gasteiger partial charge >= 0.3 is 5.97 Å². The van der Waals surface area contributed by atoms with E-state index in [0.29, 0.717) is 0 Å². The first-order valence-corrected chi connectivity index (χ1v) is 9.39. The molecule has 0 bridgehead atoms. The van der Waals surface area contributed by atoms with Crippen molar-refractivity contribution in [2.24, 2.45) is 0 Å². The van der Waals surface area contributed by atoms with Crippen LogP contribution >= 0.6 is 11.8 Å². The SMILES string of the molecule is CCNc1ccc(Sc2ccccc2CC(=O)O)cc1.c1cc2cc-2c1. The van der Waals surface area contributed by atoms with Gasteiger partial charge in [0.15, 0.2) is 0 Å². The number of hydrogen-bond donors (Lipinski definition) is 2. The first-order valence-electron chi connectivity index (χ1n) is 8.57. The molecule has 2 aromatic carbocycles. The minimum atomic E-state index is -0.805. The molecular formula is C22H21NO2S. The van der Waals surface area contributed by atoms with Crippen molar-refractivity contribution < 1.29 is 9.90 Å². The number of nitrogens with one attached hydrogen (secondary N) is 1. The van der Waals surface area contributed by atoms with Crippen molar-refractivity contribution in [1.82, 2.24) is 0 Å². The third kappa shape index (κ3) is 5.14. The predicted octanol–water partition coefficient (Wildman–Crippen LogP) is 5.56. The molecule has 0 radical (unpaired) electrons. The standard InChI is InChI=1S/C16H17NO2S.C6H4/c1-2-17-13-7-9-14(10-8-13)20-15-6-4-3-5-12(15)11-16(18)19;1-2-5-4-6(5)3-1/h3-10,17H,2,11H2,1H3,(H,18,19);1-4H. The minimum absolute atomic E-state index is 0.0542. The summed E-state index contributed by atoms with van der Waals surface area (Å²) in [6, 6.07) is 24.3. The van der Waals surface area contributed by atoms with Crippen LogP contribution in [0.15, 0.2) is 82.6 Å². The van der Waals surface area contributed by atoms with Gasteiger partial charge in [-0.3, -0.25) is 4.79 Å². The Morgan fingerprint density at radius 1 is 0.962 bits per heavy atom. The van der Waals surface area contributed by atoms with Crippen LogP contribution in [0.4, 0.5) is 5.69 Å². The largest absolute Gasteiger partial charge is 0.481 e. The summed E-state index contributed by atoms with van der Waals surface area (Å²) in [4.78, 5) is 13.0. The molecule has 0 saturated heterocycles. The van der Waals surface area contributed by atoms with Gasteiger partial charge in [-0.2, -0.15) is 0 Å². The fourth-order valence-electron chi connectivity index (χ4n) is 2.56. The summed E-state index contributed by atoms with van der Waals surface area (Å²) in [5.41, 5.74) is 4.79. The zero-order valence-electron chi connectivity index (χ0n) is 14.6. The Labute approximate surface area is 158 Å². The van der Waals surface area contributed by atoms with Crippen LogP contribution in [0.25, 0.3) is 11.1 Å². The molecule has 2 aliphatic rings. The van der Waals surface area contributed by atoms with Crippen LogP contribution in [-0.2, 0) is 11.2 Å². The van der Waals surface area contributed by atoms with E-state index in [9.17, 15) is 4.79 Å². The summed E-state index contributed by atoms with van der Waals surface area (Å²) < 4.78 is 0. The van der Waals surface area contributed by atoms with Crippen molar-refractivity contribution in [1.29, 1.82) is 0 Å². The quantitative estimate of drug-likeness (QED) is 0.471. The zero-order chi connectivity index (χ0) is 18.4. The van der Waals surface area contributed by atoms with Gasteiger partial charge in [0, 0.05) is 22.0 Å². The molecule has 0 fully saturated rings. The summed E-state index contributed by atoms with van der Waals surface area (Å²) in [5.74, 6) is -0.805. The lowest BCUT2D eigenvalue weighted by atomic mass is 10.1. The lowest BCUT2D eigenvalue weighted by Crippen LogP contribution is -2.01. The third-order valence-electron chi connectivity index (χ3n) is 3.89. The van der Waals surface area contributed by atoms with E-state index in [1.807, 2.05) is 48.5 Å². The van der Waals surface area contributed by atoms with Crippen molar-refractivity contribution in [3.63, 3.8) is 0 Å². The van der Waals surface area contributed by atoms with Gasteiger partial charge in [-0.1, -0.05) is 48.2 Å². The van der Waals surface area contributed by atoms with Crippen molar-refractivity contribution in [3.8, 4) is 11.1 Å². The maximum Gasteiger partial charge on any atom is 0.307 e. The maximum absolute atomic E-state index is 10.9. The van der Waals surface area contributed by atoms with E-state index in [4.69, 9.17) is 5.11 Å². The summed E-state index contributed by atoms with van der Waals surface area (Å²) in [6.07, 6.45) is 0.0542. The Morgan fingerprint density at radius 2 is 1.65 bits per heavy atom. The average Bonchev–Trinajstić information content (AvgIpc) is 3.24. The number of benzene rings is 3. The van der Waals surface area contributed by atoms with Crippen LogP contribution < -0.4 is 5.32 Å². The Bertz CT molecular complexity index is 873. The van der Waals surface area contributed by atoms with Crippen molar-refractivity contribution in [2.45, 2.75) is 23.1 Å². The molecule has 0 aromatic heterocycles. The third-order valence-corrected chi connectivity index (χ3v) is 5.02. The molecule has 0 spiro atoms. The van der Waals surface area contributed by atoms with Crippen LogP contribution in [0.1, 0.15) is 12.5 Å². The average molecular weight is 363 g/mol. The molecule has 2 aliphatic carbocycles. The molecule has 2 aromatic rings. The summed E-state index contributed by atoms with van der Waals surface area (Å²) in [5, 5.41) is 12.2. The normalized spacial score (nSPS) is 10.5. The van der Waals surface area contributed by atoms with Gasteiger partial charge in [0.2, 0.25) is 0 Å². The Morgan fingerprint density at radius 3 is 2.19 bits per heavy atom. The molecule has 2 N–H and O–H groups in total. The topological polar surface area (TPSA) is 49.3 Å². The van der Waals surface area contributed by atoms with Gasteiger partial charge < -0.3 is 10.4 Å². The van der Waals surface area contributed by atoms with E-state index in [1.165, 1.54) is 11.1 Å².